The van der Waals surface area contributed by atoms with Gasteiger partial charge in [-0.2, -0.15) is 0 Å². The van der Waals surface area contributed by atoms with Crippen molar-refractivity contribution in [3.8, 4) is 0 Å². The maximum atomic E-state index is 5.62. The lowest BCUT2D eigenvalue weighted by Gasteiger charge is -2.18. The number of hydrogen-bond donors (Lipinski definition) is 2. The van der Waals surface area contributed by atoms with Crippen molar-refractivity contribution in [3.63, 3.8) is 0 Å². The second-order valence-electron chi connectivity index (χ2n) is 6.39. The highest BCUT2D eigenvalue weighted by atomic mass is 127. The van der Waals surface area contributed by atoms with Crippen LogP contribution >= 0.6 is 24.0 Å². The Hall–Kier alpha value is -0.0400. The highest BCUT2D eigenvalue weighted by Gasteiger charge is 2.20. The number of guanidine groups is 1. The Balaban J connectivity index is 0.00000400. The Morgan fingerprint density at radius 1 is 1.24 bits per heavy atom. The van der Waals surface area contributed by atoms with Crippen LogP contribution in [0.2, 0.25) is 0 Å². The van der Waals surface area contributed by atoms with E-state index in [1.165, 1.54) is 25.7 Å². The van der Waals surface area contributed by atoms with Crippen LogP contribution in [-0.4, -0.2) is 38.8 Å². The van der Waals surface area contributed by atoms with Gasteiger partial charge in [-0.1, -0.05) is 13.8 Å². The molecular formula is C16H34IN3O. The van der Waals surface area contributed by atoms with Crippen molar-refractivity contribution in [2.45, 2.75) is 58.9 Å². The van der Waals surface area contributed by atoms with E-state index in [0.29, 0.717) is 6.04 Å². The van der Waals surface area contributed by atoms with E-state index in [4.69, 9.17) is 4.74 Å². The molecule has 1 rings (SSSR count). The van der Waals surface area contributed by atoms with Crippen LogP contribution in [0.25, 0.3) is 0 Å². The normalized spacial score (nSPS) is 16.5. The van der Waals surface area contributed by atoms with Gasteiger partial charge < -0.3 is 15.4 Å². The Morgan fingerprint density at radius 3 is 2.52 bits per heavy atom. The van der Waals surface area contributed by atoms with Gasteiger partial charge in [0.15, 0.2) is 5.96 Å². The fourth-order valence-electron chi connectivity index (χ4n) is 2.00. The van der Waals surface area contributed by atoms with Gasteiger partial charge in [-0.05, 0) is 50.9 Å². The molecule has 0 aromatic heterocycles. The Labute approximate surface area is 147 Å². The molecule has 126 valence electrons. The van der Waals surface area contributed by atoms with Crippen molar-refractivity contribution in [3.05, 3.63) is 0 Å². The van der Waals surface area contributed by atoms with Crippen LogP contribution in [-0.2, 0) is 4.74 Å². The standard InChI is InChI=1S/C16H33N3O.HI/c1-13(2)6-7-14(3)19-16(17-4)18-10-5-11-20-12-15-8-9-15;/h13-15H,5-12H2,1-4H3,(H2,17,18,19);1H. The summed E-state index contributed by atoms with van der Waals surface area (Å²) in [5.74, 6) is 2.53. The zero-order valence-electron chi connectivity index (χ0n) is 14.2. The van der Waals surface area contributed by atoms with Gasteiger partial charge >= 0.3 is 0 Å². The third kappa shape index (κ3) is 12.2. The first kappa shape index (κ1) is 21.0. The molecule has 0 radical (unpaired) electrons. The summed E-state index contributed by atoms with van der Waals surface area (Å²) in [7, 11) is 1.83. The van der Waals surface area contributed by atoms with Crippen LogP contribution in [0, 0.1) is 11.8 Å². The Bertz CT molecular complexity index is 281. The van der Waals surface area contributed by atoms with Crippen LogP contribution in [0.1, 0.15) is 52.9 Å². The number of halogens is 1. The van der Waals surface area contributed by atoms with Crippen molar-refractivity contribution < 1.29 is 4.74 Å². The molecule has 1 fully saturated rings. The van der Waals surface area contributed by atoms with Gasteiger partial charge in [0.25, 0.3) is 0 Å². The fourth-order valence-corrected chi connectivity index (χ4v) is 2.00. The van der Waals surface area contributed by atoms with Gasteiger partial charge in [-0.15, -0.1) is 24.0 Å². The molecule has 0 bridgehead atoms. The van der Waals surface area contributed by atoms with Gasteiger partial charge in [0.2, 0.25) is 0 Å². The zero-order valence-corrected chi connectivity index (χ0v) is 16.5. The Kier molecular flexibility index (Phi) is 12.5. The highest BCUT2D eigenvalue weighted by molar-refractivity contribution is 14.0. The monoisotopic (exact) mass is 411 g/mol. The minimum Gasteiger partial charge on any atom is -0.381 e. The molecule has 0 aliphatic heterocycles. The minimum atomic E-state index is 0. The third-order valence-corrected chi connectivity index (χ3v) is 3.59. The van der Waals surface area contributed by atoms with Crippen molar-refractivity contribution in [1.82, 2.24) is 10.6 Å². The smallest absolute Gasteiger partial charge is 0.191 e. The first-order valence-corrected chi connectivity index (χ1v) is 8.16. The first-order chi connectivity index (χ1) is 9.61. The number of hydrogen-bond acceptors (Lipinski definition) is 2. The quantitative estimate of drug-likeness (QED) is 0.251. The molecule has 0 saturated heterocycles. The summed E-state index contributed by atoms with van der Waals surface area (Å²) >= 11 is 0. The molecule has 1 aliphatic rings. The number of nitrogens with one attached hydrogen (secondary N) is 2. The maximum Gasteiger partial charge on any atom is 0.191 e. The Morgan fingerprint density at radius 2 is 1.95 bits per heavy atom. The summed E-state index contributed by atoms with van der Waals surface area (Å²) in [5, 5.41) is 6.79. The van der Waals surface area contributed by atoms with Crippen LogP contribution in [0.5, 0.6) is 0 Å². The zero-order chi connectivity index (χ0) is 14.8. The topological polar surface area (TPSA) is 45.7 Å². The lowest BCUT2D eigenvalue weighted by Crippen LogP contribution is -2.42. The van der Waals surface area contributed by atoms with Crippen LogP contribution < -0.4 is 10.6 Å². The van der Waals surface area contributed by atoms with E-state index in [1.54, 1.807) is 0 Å². The van der Waals surface area contributed by atoms with E-state index in [1.807, 2.05) is 7.05 Å². The van der Waals surface area contributed by atoms with E-state index < -0.39 is 0 Å². The second-order valence-corrected chi connectivity index (χ2v) is 6.39. The average Bonchev–Trinajstić information content (AvgIpc) is 3.23. The van der Waals surface area contributed by atoms with Gasteiger partial charge in [0.05, 0.1) is 0 Å². The minimum absolute atomic E-state index is 0. The summed E-state index contributed by atoms with van der Waals surface area (Å²) in [5.41, 5.74) is 0. The maximum absolute atomic E-state index is 5.62. The second kappa shape index (κ2) is 12.5. The highest BCUT2D eigenvalue weighted by Crippen LogP contribution is 2.28. The van der Waals surface area contributed by atoms with Gasteiger partial charge in [0.1, 0.15) is 0 Å². The fraction of sp³-hybridized carbons (Fsp3) is 0.938. The predicted molar refractivity (Wildman–Crippen MR) is 102 cm³/mol. The summed E-state index contributed by atoms with van der Waals surface area (Å²) in [6.07, 6.45) is 6.20. The van der Waals surface area contributed by atoms with Crippen LogP contribution in [0.15, 0.2) is 4.99 Å². The molecule has 1 unspecified atom stereocenters. The lowest BCUT2D eigenvalue weighted by atomic mass is 10.0. The van der Waals surface area contributed by atoms with Gasteiger partial charge in [0, 0.05) is 32.8 Å². The van der Waals surface area contributed by atoms with E-state index in [0.717, 1.165) is 44.0 Å². The molecule has 0 spiro atoms. The summed E-state index contributed by atoms with van der Waals surface area (Å²) in [6, 6.07) is 0.467. The van der Waals surface area contributed by atoms with E-state index >= 15 is 0 Å². The van der Waals surface area contributed by atoms with Gasteiger partial charge in [-0.3, -0.25) is 4.99 Å². The molecule has 0 aromatic carbocycles. The molecule has 0 heterocycles. The summed E-state index contributed by atoms with van der Waals surface area (Å²) in [4.78, 5) is 4.26. The lowest BCUT2D eigenvalue weighted by molar-refractivity contribution is 0.123. The van der Waals surface area contributed by atoms with Crippen molar-refractivity contribution in [2.75, 3.05) is 26.8 Å². The molecule has 1 atom stereocenters. The van der Waals surface area contributed by atoms with E-state index in [9.17, 15) is 0 Å². The van der Waals surface area contributed by atoms with Gasteiger partial charge in [-0.25, -0.2) is 0 Å². The molecule has 4 nitrogen and oxygen atoms in total. The average molecular weight is 411 g/mol. The molecule has 0 amide bonds. The van der Waals surface area contributed by atoms with Crippen LogP contribution in [0.4, 0.5) is 0 Å². The van der Waals surface area contributed by atoms with Crippen molar-refractivity contribution >= 4 is 29.9 Å². The van der Waals surface area contributed by atoms with Crippen molar-refractivity contribution in [1.29, 1.82) is 0 Å². The summed E-state index contributed by atoms with van der Waals surface area (Å²) in [6.45, 7) is 9.47. The molecule has 5 heteroatoms. The molecule has 2 N–H and O–H groups in total. The van der Waals surface area contributed by atoms with E-state index in [-0.39, 0.29) is 24.0 Å². The molecule has 0 aromatic rings. The SMILES string of the molecule is CN=C(NCCCOCC1CC1)NC(C)CCC(C)C.I. The molecular weight excluding hydrogens is 377 g/mol. The number of rotatable bonds is 10. The van der Waals surface area contributed by atoms with Crippen molar-refractivity contribution in [2.24, 2.45) is 16.8 Å². The predicted octanol–water partition coefficient (Wildman–Crippen LogP) is 3.41. The number of nitrogens with zero attached hydrogens (tertiary/aromatic N) is 1. The number of ether oxygens (including phenoxy) is 1. The molecule has 1 saturated carbocycles. The first-order valence-electron chi connectivity index (χ1n) is 8.16. The molecule has 1 aliphatic carbocycles. The molecule has 21 heavy (non-hydrogen) atoms. The summed E-state index contributed by atoms with van der Waals surface area (Å²) < 4.78 is 5.62. The van der Waals surface area contributed by atoms with E-state index in [2.05, 4.69) is 36.4 Å². The largest absolute Gasteiger partial charge is 0.381 e. The van der Waals surface area contributed by atoms with Crippen LogP contribution in [0.3, 0.4) is 0 Å². The number of aliphatic imine (C=N–C) groups is 1. The third-order valence-electron chi connectivity index (χ3n) is 3.59.